The third-order valence-corrected chi connectivity index (χ3v) is 5.43. The predicted molar refractivity (Wildman–Crippen MR) is 93.9 cm³/mol. The second-order valence-corrected chi connectivity index (χ2v) is 7.27. The van der Waals surface area contributed by atoms with Gasteiger partial charge in [-0.05, 0) is 31.1 Å². The van der Waals surface area contributed by atoms with Crippen molar-refractivity contribution < 1.29 is 9.59 Å². The van der Waals surface area contributed by atoms with Gasteiger partial charge in [0.05, 0.1) is 5.41 Å². The summed E-state index contributed by atoms with van der Waals surface area (Å²) in [5, 5.41) is 5.65. The van der Waals surface area contributed by atoms with Gasteiger partial charge in [0.25, 0.3) is 5.91 Å². The summed E-state index contributed by atoms with van der Waals surface area (Å²) in [5.74, 6) is -0.898. The largest absolute Gasteiger partial charge is 0.353 e. The fourth-order valence-electron chi connectivity index (χ4n) is 3.24. The van der Waals surface area contributed by atoms with Gasteiger partial charge in [-0.25, -0.2) is 0 Å². The quantitative estimate of drug-likeness (QED) is 0.759. The second kappa shape index (κ2) is 9.14. The molecule has 1 saturated carbocycles. The van der Waals surface area contributed by atoms with Crippen LogP contribution in [-0.4, -0.2) is 17.9 Å². The number of carbonyl (C=O) groups excluding carboxylic acids is 2. The molecule has 2 amide bonds. The zero-order valence-electron chi connectivity index (χ0n) is 15.9. The number of nitrogens with one attached hydrogen (secondary N) is 1. The Hall–Kier alpha value is -1.26. The molecule has 1 rings (SSSR count). The normalized spacial score (nSPS) is 25.5. The lowest BCUT2D eigenvalue weighted by atomic mass is 9.65. The van der Waals surface area contributed by atoms with Crippen molar-refractivity contribution in [3.63, 3.8) is 0 Å². The van der Waals surface area contributed by atoms with Crippen LogP contribution >= 0.6 is 0 Å². The van der Waals surface area contributed by atoms with Gasteiger partial charge in [0.2, 0.25) is 5.91 Å². The summed E-state index contributed by atoms with van der Waals surface area (Å²) >= 11 is 0. The number of hydrogen-bond acceptors (Lipinski definition) is 3. The highest BCUT2D eigenvalue weighted by Crippen LogP contribution is 2.56. The highest BCUT2D eigenvalue weighted by Gasteiger charge is 2.58. The molecular weight excluding hydrogens is 292 g/mol. The van der Waals surface area contributed by atoms with Crippen molar-refractivity contribution in [3.05, 3.63) is 4.91 Å². The molecule has 1 aliphatic carbocycles. The molecular formula is C18H34N2O3. The molecule has 23 heavy (non-hydrogen) atoms. The van der Waals surface area contributed by atoms with E-state index in [1.54, 1.807) is 6.92 Å². The van der Waals surface area contributed by atoms with Crippen molar-refractivity contribution in [1.82, 2.24) is 5.32 Å². The average molecular weight is 326 g/mol. The van der Waals surface area contributed by atoms with Crippen molar-refractivity contribution in [3.8, 4) is 0 Å². The summed E-state index contributed by atoms with van der Waals surface area (Å²) in [6.07, 6.45) is 4.19. The SMILES string of the molecule is CCC.CCC(CC)NC(=O)C1CCC(C)(C(=O)N=O)C1(C)C. The standard InChI is InChI=1S/C15H26N2O3.C3H8/c1-6-10(7-2)16-12(18)11-8-9-15(5,13(19)17-20)14(11,3)4;1-3-2/h10-11H,6-9H2,1-5H3,(H,16,18);3H2,1-2H3. The molecule has 1 aliphatic rings. The topological polar surface area (TPSA) is 75.6 Å². The van der Waals surface area contributed by atoms with Gasteiger partial charge in [-0.15, -0.1) is 4.91 Å². The Kier molecular flexibility index (Phi) is 8.64. The van der Waals surface area contributed by atoms with Crippen LogP contribution in [0.2, 0.25) is 0 Å². The number of carbonyl (C=O) groups is 2. The first kappa shape index (κ1) is 21.7. The van der Waals surface area contributed by atoms with E-state index in [1.165, 1.54) is 6.42 Å². The van der Waals surface area contributed by atoms with Crippen LogP contribution in [0.15, 0.2) is 5.18 Å². The Balaban J connectivity index is 0.00000149. The smallest absolute Gasteiger partial charge is 0.292 e. The summed E-state index contributed by atoms with van der Waals surface area (Å²) in [5.41, 5.74) is -1.40. The lowest BCUT2D eigenvalue weighted by molar-refractivity contribution is -0.136. The molecule has 0 radical (unpaired) electrons. The van der Waals surface area contributed by atoms with Crippen LogP contribution in [0.5, 0.6) is 0 Å². The van der Waals surface area contributed by atoms with Gasteiger partial charge < -0.3 is 5.32 Å². The minimum atomic E-state index is -0.843. The van der Waals surface area contributed by atoms with E-state index in [1.807, 2.05) is 27.7 Å². The predicted octanol–water partition coefficient (Wildman–Crippen LogP) is 4.44. The maximum atomic E-state index is 12.5. The summed E-state index contributed by atoms with van der Waals surface area (Å²) in [6, 6.07) is 0.171. The van der Waals surface area contributed by atoms with Gasteiger partial charge in [0.1, 0.15) is 0 Å². The van der Waals surface area contributed by atoms with Crippen molar-refractivity contribution >= 4 is 11.8 Å². The molecule has 1 N–H and O–H groups in total. The first-order valence-electron chi connectivity index (χ1n) is 8.84. The van der Waals surface area contributed by atoms with Crippen LogP contribution in [0, 0.1) is 21.7 Å². The first-order chi connectivity index (χ1) is 10.7. The molecule has 5 heteroatoms. The van der Waals surface area contributed by atoms with Crippen molar-refractivity contribution in [2.45, 2.75) is 86.6 Å². The molecule has 2 atom stereocenters. The second-order valence-electron chi connectivity index (χ2n) is 7.27. The van der Waals surface area contributed by atoms with Gasteiger partial charge in [-0.3, -0.25) is 9.59 Å². The molecule has 0 bridgehead atoms. The highest BCUT2D eigenvalue weighted by atomic mass is 16.3. The van der Waals surface area contributed by atoms with Crippen LogP contribution in [0.1, 0.15) is 80.6 Å². The lowest BCUT2D eigenvalue weighted by Gasteiger charge is -2.38. The van der Waals surface area contributed by atoms with E-state index in [0.29, 0.717) is 12.8 Å². The summed E-state index contributed by atoms with van der Waals surface area (Å²) in [4.78, 5) is 34.9. The van der Waals surface area contributed by atoms with E-state index in [4.69, 9.17) is 0 Å². The van der Waals surface area contributed by atoms with Gasteiger partial charge >= 0.3 is 0 Å². The number of amides is 2. The number of hydrogen-bond donors (Lipinski definition) is 1. The first-order valence-corrected chi connectivity index (χ1v) is 8.84. The maximum Gasteiger partial charge on any atom is 0.292 e. The fourth-order valence-corrected chi connectivity index (χ4v) is 3.24. The van der Waals surface area contributed by atoms with Crippen LogP contribution < -0.4 is 5.32 Å². The molecule has 5 nitrogen and oxygen atoms in total. The average Bonchev–Trinajstić information content (AvgIpc) is 2.75. The Labute approximate surface area is 141 Å². The van der Waals surface area contributed by atoms with Crippen molar-refractivity contribution in [2.75, 3.05) is 0 Å². The molecule has 2 unspecified atom stereocenters. The Morgan fingerprint density at radius 1 is 1.13 bits per heavy atom. The fraction of sp³-hybridized carbons (Fsp3) is 0.889. The molecule has 0 heterocycles. The molecule has 0 aromatic heterocycles. The van der Waals surface area contributed by atoms with Crippen LogP contribution in [-0.2, 0) is 9.59 Å². The molecule has 0 aromatic rings. The molecule has 0 aromatic carbocycles. The zero-order chi connectivity index (χ0) is 18.3. The Bertz CT molecular complexity index is 416. The monoisotopic (exact) mass is 326 g/mol. The van der Waals surface area contributed by atoms with Crippen molar-refractivity contribution in [1.29, 1.82) is 0 Å². The Morgan fingerprint density at radius 3 is 2.00 bits per heavy atom. The van der Waals surface area contributed by atoms with Crippen LogP contribution in [0.25, 0.3) is 0 Å². The number of nitrogens with zero attached hydrogens (tertiary/aromatic N) is 1. The van der Waals surface area contributed by atoms with Gasteiger partial charge in [0.15, 0.2) is 0 Å². The Morgan fingerprint density at radius 2 is 1.61 bits per heavy atom. The number of rotatable bonds is 5. The van der Waals surface area contributed by atoms with E-state index < -0.39 is 16.7 Å². The lowest BCUT2D eigenvalue weighted by Crippen LogP contribution is -2.47. The summed E-state index contributed by atoms with van der Waals surface area (Å²) in [7, 11) is 0. The van der Waals surface area contributed by atoms with Gasteiger partial charge in [-0.1, -0.05) is 54.9 Å². The molecule has 1 fully saturated rings. The third-order valence-electron chi connectivity index (χ3n) is 5.43. The van der Waals surface area contributed by atoms with Crippen LogP contribution in [0.3, 0.4) is 0 Å². The minimum Gasteiger partial charge on any atom is -0.353 e. The summed E-state index contributed by atoms with van der Waals surface area (Å²) < 4.78 is 0. The van der Waals surface area contributed by atoms with Gasteiger partial charge in [0, 0.05) is 17.1 Å². The van der Waals surface area contributed by atoms with Gasteiger partial charge in [-0.2, -0.15) is 0 Å². The van der Waals surface area contributed by atoms with Crippen molar-refractivity contribution in [2.24, 2.45) is 21.9 Å². The summed E-state index contributed by atoms with van der Waals surface area (Å²) in [6.45, 7) is 13.9. The van der Waals surface area contributed by atoms with E-state index in [2.05, 4.69) is 24.3 Å². The maximum absolute atomic E-state index is 12.5. The van der Waals surface area contributed by atoms with E-state index in [9.17, 15) is 14.5 Å². The van der Waals surface area contributed by atoms with E-state index in [0.717, 1.165) is 12.8 Å². The molecule has 134 valence electrons. The molecule has 0 aliphatic heterocycles. The minimum absolute atomic E-state index is 0.00822. The van der Waals surface area contributed by atoms with Crippen LogP contribution in [0.4, 0.5) is 0 Å². The highest BCUT2D eigenvalue weighted by molar-refractivity contribution is 5.87. The zero-order valence-corrected chi connectivity index (χ0v) is 15.9. The molecule has 0 spiro atoms. The third kappa shape index (κ3) is 4.61. The molecule has 0 saturated heterocycles. The van der Waals surface area contributed by atoms with E-state index in [-0.39, 0.29) is 17.9 Å². The van der Waals surface area contributed by atoms with E-state index >= 15 is 0 Å². The number of nitroso groups, excluding NO2 is 1.